The molecular weight excluding hydrogens is 332 g/mol. The van der Waals surface area contributed by atoms with Gasteiger partial charge in [-0.3, -0.25) is 9.48 Å². The number of aromatic carboxylic acids is 1. The molecule has 144 valence electrons. The van der Waals surface area contributed by atoms with E-state index in [1.54, 1.807) is 0 Å². The number of hydrogen-bond donors (Lipinski definition) is 1. The molecular formula is C19H30N4O3. The van der Waals surface area contributed by atoms with Gasteiger partial charge in [-0.25, -0.2) is 4.79 Å². The van der Waals surface area contributed by atoms with Gasteiger partial charge >= 0.3 is 5.97 Å². The summed E-state index contributed by atoms with van der Waals surface area (Å²) in [7, 11) is 3.97. The quantitative estimate of drug-likeness (QED) is 0.867. The molecule has 2 aliphatic rings. The van der Waals surface area contributed by atoms with Crippen molar-refractivity contribution >= 4 is 11.9 Å². The second-order valence-electron chi connectivity index (χ2n) is 8.20. The van der Waals surface area contributed by atoms with E-state index in [9.17, 15) is 14.7 Å². The van der Waals surface area contributed by atoms with E-state index in [4.69, 9.17) is 0 Å². The average Bonchev–Trinajstić information content (AvgIpc) is 2.98. The largest absolute Gasteiger partial charge is 0.476 e. The zero-order valence-corrected chi connectivity index (χ0v) is 16.1. The highest BCUT2D eigenvalue weighted by Crippen LogP contribution is 2.38. The Morgan fingerprint density at radius 3 is 2.54 bits per heavy atom. The summed E-state index contributed by atoms with van der Waals surface area (Å²) in [6, 6.07) is 0. The molecule has 0 unspecified atom stereocenters. The fraction of sp³-hybridized carbons (Fsp3) is 0.737. The highest BCUT2D eigenvalue weighted by Gasteiger charge is 2.40. The van der Waals surface area contributed by atoms with Crippen LogP contribution in [0.1, 0.15) is 60.8 Å². The number of fused-ring (bicyclic) bond motifs is 1. The van der Waals surface area contributed by atoms with E-state index in [1.807, 2.05) is 23.7 Å². The number of carbonyl (C=O) groups is 2. The minimum atomic E-state index is -1.01. The number of carbonyl (C=O) groups excluding carboxylic acids is 1. The molecule has 1 aromatic rings. The molecule has 1 N–H and O–H groups in total. The summed E-state index contributed by atoms with van der Waals surface area (Å²) in [6.45, 7) is 4.55. The maximum absolute atomic E-state index is 13.1. The summed E-state index contributed by atoms with van der Waals surface area (Å²) in [5, 5.41) is 13.9. The normalized spacial score (nSPS) is 19.5. The Balaban J connectivity index is 1.82. The molecule has 1 saturated carbocycles. The maximum atomic E-state index is 13.1. The summed E-state index contributed by atoms with van der Waals surface area (Å²) in [5.74, 6) is -0.830. The molecule has 0 bridgehead atoms. The SMILES string of the molecule is CN(C)CCn1nc(C(=O)O)c2c1CCN(C(=O)C1(C)CCCCC1)C2. The van der Waals surface area contributed by atoms with Crippen LogP contribution in [-0.4, -0.2) is 63.7 Å². The summed E-state index contributed by atoms with van der Waals surface area (Å²) in [4.78, 5) is 28.7. The van der Waals surface area contributed by atoms with Crippen molar-refractivity contribution in [1.29, 1.82) is 0 Å². The van der Waals surface area contributed by atoms with E-state index >= 15 is 0 Å². The van der Waals surface area contributed by atoms with E-state index in [-0.39, 0.29) is 17.0 Å². The van der Waals surface area contributed by atoms with Gasteiger partial charge in [0.2, 0.25) is 5.91 Å². The third kappa shape index (κ3) is 3.63. The second-order valence-corrected chi connectivity index (χ2v) is 8.20. The Bertz CT molecular complexity index is 689. The lowest BCUT2D eigenvalue weighted by Crippen LogP contribution is -2.46. The number of aromatic nitrogens is 2. The Hall–Kier alpha value is -1.89. The van der Waals surface area contributed by atoms with Crippen LogP contribution in [0.2, 0.25) is 0 Å². The molecule has 1 amide bonds. The van der Waals surface area contributed by atoms with Crippen molar-refractivity contribution in [2.24, 2.45) is 5.41 Å². The minimum absolute atomic E-state index is 0.102. The lowest BCUT2D eigenvalue weighted by molar-refractivity contribution is -0.144. The number of carboxylic acid groups (broad SMARTS) is 1. The molecule has 0 saturated heterocycles. The third-order valence-electron chi connectivity index (χ3n) is 5.86. The number of amides is 1. The van der Waals surface area contributed by atoms with Gasteiger partial charge < -0.3 is 14.9 Å². The van der Waals surface area contributed by atoms with Gasteiger partial charge in [0.15, 0.2) is 5.69 Å². The first kappa shape index (κ1) is 18.9. The summed E-state index contributed by atoms with van der Waals surface area (Å²) in [6.07, 6.45) is 5.94. The van der Waals surface area contributed by atoms with E-state index in [2.05, 4.69) is 16.9 Å². The monoisotopic (exact) mass is 362 g/mol. The summed E-state index contributed by atoms with van der Waals surface area (Å²) in [5.41, 5.74) is 1.50. The van der Waals surface area contributed by atoms with Gasteiger partial charge in [0, 0.05) is 42.7 Å². The zero-order valence-electron chi connectivity index (χ0n) is 16.1. The highest BCUT2D eigenvalue weighted by molar-refractivity contribution is 5.88. The van der Waals surface area contributed by atoms with Crippen molar-refractivity contribution in [3.05, 3.63) is 17.0 Å². The molecule has 1 aliphatic carbocycles. The Morgan fingerprint density at radius 2 is 1.92 bits per heavy atom. The molecule has 1 aliphatic heterocycles. The van der Waals surface area contributed by atoms with E-state index in [0.717, 1.165) is 43.5 Å². The van der Waals surface area contributed by atoms with Crippen molar-refractivity contribution in [2.75, 3.05) is 27.2 Å². The van der Waals surface area contributed by atoms with Crippen LogP contribution in [0.4, 0.5) is 0 Å². The van der Waals surface area contributed by atoms with Crippen molar-refractivity contribution in [2.45, 2.75) is 58.5 Å². The zero-order chi connectivity index (χ0) is 18.9. The molecule has 2 heterocycles. The maximum Gasteiger partial charge on any atom is 0.356 e. The van der Waals surface area contributed by atoms with Crippen molar-refractivity contribution in [3.8, 4) is 0 Å². The standard InChI is InChI=1S/C19H30N4O3/c1-19(8-5-4-6-9-19)18(26)22-10-7-15-14(13-22)16(17(24)25)20-23(15)12-11-21(2)3/h4-13H2,1-3H3,(H,24,25). The Morgan fingerprint density at radius 1 is 1.23 bits per heavy atom. The van der Waals surface area contributed by atoms with Gasteiger partial charge in [0.25, 0.3) is 0 Å². The van der Waals surface area contributed by atoms with Crippen molar-refractivity contribution < 1.29 is 14.7 Å². The molecule has 26 heavy (non-hydrogen) atoms. The minimum Gasteiger partial charge on any atom is -0.476 e. The predicted molar refractivity (Wildman–Crippen MR) is 98.1 cm³/mol. The van der Waals surface area contributed by atoms with Crippen LogP contribution in [0.15, 0.2) is 0 Å². The number of nitrogens with zero attached hydrogens (tertiary/aromatic N) is 4. The molecule has 7 nitrogen and oxygen atoms in total. The lowest BCUT2D eigenvalue weighted by atomic mass is 9.74. The Labute approximate surface area is 155 Å². The molecule has 0 radical (unpaired) electrons. The first-order valence-corrected chi connectivity index (χ1v) is 9.58. The van der Waals surface area contributed by atoms with Crippen LogP contribution in [0, 0.1) is 5.41 Å². The fourth-order valence-corrected chi connectivity index (χ4v) is 4.24. The molecule has 0 spiro atoms. The topological polar surface area (TPSA) is 78.7 Å². The smallest absolute Gasteiger partial charge is 0.356 e. The van der Waals surface area contributed by atoms with Gasteiger partial charge in [-0.2, -0.15) is 5.10 Å². The van der Waals surface area contributed by atoms with Gasteiger partial charge in [-0.1, -0.05) is 26.2 Å². The fourth-order valence-electron chi connectivity index (χ4n) is 4.24. The van der Waals surface area contributed by atoms with Gasteiger partial charge in [0.05, 0.1) is 6.54 Å². The van der Waals surface area contributed by atoms with E-state index < -0.39 is 5.97 Å². The second kappa shape index (κ2) is 7.39. The molecule has 7 heteroatoms. The highest BCUT2D eigenvalue weighted by atomic mass is 16.4. The molecule has 0 aromatic carbocycles. The van der Waals surface area contributed by atoms with Crippen LogP contribution in [-0.2, 0) is 24.3 Å². The van der Waals surface area contributed by atoms with Crippen LogP contribution >= 0.6 is 0 Å². The number of rotatable bonds is 5. The summed E-state index contributed by atoms with van der Waals surface area (Å²) < 4.78 is 1.82. The molecule has 3 rings (SSSR count). The van der Waals surface area contributed by atoms with Crippen LogP contribution < -0.4 is 0 Å². The predicted octanol–water partition coefficient (Wildman–Crippen LogP) is 2.00. The molecule has 1 fully saturated rings. The van der Waals surface area contributed by atoms with Crippen LogP contribution in [0.3, 0.4) is 0 Å². The van der Waals surface area contributed by atoms with E-state index in [0.29, 0.717) is 26.1 Å². The van der Waals surface area contributed by atoms with Gasteiger partial charge in [-0.15, -0.1) is 0 Å². The van der Waals surface area contributed by atoms with Gasteiger partial charge in [-0.05, 0) is 26.9 Å². The van der Waals surface area contributed by atoms with Gasteiger partial charge in [0.1, 0.15) is 0 Å². The van der Waals surface area contributed by atoms with Crippen molar-refractivity contribution in [1.82, 2.24) is 19.6 Å². The number of likely N-dealkylation sites (N-methyl/N-ethyl adjacent to an activating group) is 1. The number of hydrogen-bond acceptors (Lipinski definition) is 4. The Kier molecular flexibility index (Phi) is 5.37. The first-order chi connectivity index (χ1) is 12.3. The average molecular weight is 362 g/mol. The molecule has 0 atom stereocenters. The summed E-state index contributed by atoms with van der Waals surface area (Å²) >= 11 is 0. The number of carboxylic acids is 1. The lowest BCUT2D eigenvalue weighted by Gasteiger charge is -2.38. The van der Waals surface area contributed by atoms with Crippen molar-refractivity contribution in [3.63, 3.8) is 0 Å². The molecule has 1 aromatic heterocycles. The van der Waals surface area contributed by atoms with Crippen LogP contribution in [0.5, 0.6) is 0 Å². The van der Waals surface area contributed by atoms with Crippen LogP contribution in [0.25, 0.3) is 0 Å². The first-order valence-electron chi connectivity index (χ1n) is 9.58. The van der Waals surface area contributed by atoms with E-state index in [1.165, 1.54) is 6.42 Å². The third-order valence-corrected chi connectivity index (χ3v) is 5.86.